The third-order valence-corrected chi connectivity index (χ3v) is 7.86. The first-order valence-electron chi connectivity index (χ1n) is 15.0. The van der Waals surface area contributed by atoms with E-state index in [-0.39, 0.29) is 29.4 Å². The number of carbonyl (C=O) groups is 1. The Morgan fingerprint density at radius 3 is 1.57 bits per heavy atom. The van der Waals surface area contributed by atoms with E-state index in [4.69, 9.17) is 33.6 Å². The number of nitro benzene ring substituents is 2. The standard InChI is InChI=1S/C16H17ClN4O2.C16H18ClN3O4/c1-2-3-4-15-19-16(17)14(9-10-18)20(15)11-12-5-7-13(8-6-12)21(22)23;1-2-3-4-14-18-16(17)13(9-15(21)22)19(14)10-11-5-7-12(8-6-11)20(23)24/h5-8H,2-4,9,11H2,1H3;5-8H,2-4,9-10H2,1H3,(H,21,22). The van der Waals surface area contributed by atoms with Gasteiger partial charge >= 0.3 is 5.97 Å². The van der Waals surface area contributed by atoms with Crippen LogP contribution in [0.25, 0.3) is 0 Å². The van der Waals surface area contributed by atoms with E-state index in [1.807, 2.05) is 4.57 Å². The number of aliphatic carboxylic acids is 1. The van der Waals surface area contributed by atoms with Crippen LogP contribution in [0, 0.1) is 31.6 Å². The zero-order chi connectivity index (χ0) is 34.5. The van der Waals surface area contributed by atoms with E-state index in [0.29, 0.717) is 36.1 Å². The van der Waals surface area contributed by atoms with Crippen molar-refractivity contribution in [2.45, 2.75) is 78.3 Å². The second kappa shape index (κ2) is 17.8. The Bertz CT molecular complexity index is 1730. The molecule has 0 saturated carbocycles. The molecule has 2 aromatic carbocycles. The molecular formula is C32H35Cl2N7O6. The Balaban J connectivity index is 0.000000256. The molecule has 248 valence electrons. The summed E-state index contributed by atoms with van der Waals surface area (Å²) in [5, 5.41) is 40.1. The fourth-order valence-corrected chi connectivity index (χ4v) is 5.33. The van der Waals surface area contributed by atoms with Crippen LogP contribution in [0.1, 0.15) is 73.7 Å². The van der Waals surface area contributed by atoms with E-state index in [1.165, 1.54) is 24.3 Å². The summed E-state index contributed by atoms with van der Waals surface area (Å²) >= 11 is 12.3. The number of halogens is 2. The number of aryl methyl sites for hydroxylation is 2. The predicted octanol–water partition coefficient (Wildman–Crippen LogP) is 7.36. The summed E-state index contributed by atoms with van der Waals surface area (Å²) in [6.07, 6.45) is 5.37. The van der Waals surface area contributed by atoms with Crippen LogP contribution in [-0.2, 0) is 43.6 Å². The number of rotatable bonds is 15. The van der Waals surface area contributed by atoms with Gasteiger partial charge < -0.3 is 14.2 Å². The molecule has 0 amide bonds. The minimum absolute atomic E-state index is 0.0133. The van der Waals surface area contributed by atoms with Gasteiger partial charge in [-0.3, -0.25) is 25.0 Å². The fraction of sp³-hybridized carbons (Fsp3) is 0.375. The maximum Gasteiger partial charge on any atom is 0.309 e. The number of nitriles is 1. The first-order chi connectivity index (χ1) is 22.5. The van der Waals surface area contributed by atoms with E-state index in [9.17, 15) is 25.0 Å². The number of aromatic nitrogens is 4. The SMILES string of the molecule is CCCCc1nc(Cl)c(CC#N)n1Cc1ccc([N+](=O)[O-])cc1.CCCCc1nc(Cl)c(CC(=O)O)n1Cc1ccc([N+](=O)[O-])cc1. The lowest BCUT2D eigenvalue weighted by molar-refractivity contribution is -0.385. The summed E-state index contributed by atoms with van der Waals surface area (Å²) in [5.74, 6) is 0.598. The molecule has 0 aliphatic carbocycles. The molecule has 2 aromatic heterocycles. The monoisotopic (exact) mass is 683 g/mol. The first-order valence-corrected chi connectivity index (χ1v) is 15.8. The first kappa shape index (κ1) is 36.7. The Morgan fingerprint density at radius 1 is 0.809 bits per heavy atom. The van der Waals surface area contributed by atoms with Gasteiger partial charge in [-0.25, -0.2) is 9.97 Å². The Kier molecular flexibility index (Phi) is 13.9. The lowest BCUT2D eigenvalue weighted by Gasteiger charge is -2.11. The molecule has 0 fully saturated rings. The normalized spacial score (nSPS) is 10.6. The third-order valence-electron chi connectivity index (χ3n) is 7.25. The van der Waals surface area contributed by atoms with Crippen LogP contribution < -0.4 is 0 Å². The number of carboxylic acids is 1. The molecule has 47 heavy (non-hydrogen) atoms. The summed E-state index contributed by atoms with van der Waals surface area (Å²) in [4.78, 5) is 40.3. The Hall–Kier alpha value is -4.80. The molecular weight excluding hydrogens is 649 g/mol. The maximum atomic E-state index is 11.1. The second-order valence-corrected chi connectivity index (χ2v) is 11.4. The number of nitro groups is 2. The zero-order valence-corrected chi connectivity index (χ0v) is 27.6. The molecule has 2 heterocycles. The molecule has 4 rings (SSSR count). The van der Waals surface area contributed by atoms with Gasteiger partial charge in [-0.1, -0.05) is 74.2 Å². The lowest BCUT2D eigenvalue weighted by atomic mass is 10.2. The number of unbranched alkanes of at least 4 members (excludes halogenated alkanes) is 2. The van der Waals surface area contributed by atoms with Crippen molar-refractivity contribution in [3.8, 4) is 6.07 Å². The molecule has 0 atom stereocenters. The topological polar surface area (TPSA) is 183 Å². The molecule has 0 saturated heterocycles. The summed E-state index contributed by atoms with van der Waals surface area (Å²) in [7, 11) is 0. The van der Waals surface area contributed by atoms with Gasteiger partial charge in [0.05, 0.1) is 40.1 Å². The quantitative estimate of drug-likeness (QED) is 0.0987. The fourth-order valence-electron chi connectivity index (χ4n) is 4.80. The molecule has 1 N–H and O–H groups in total. The highest BCUT2D eigenvalue weighted by molar-refractivity contribution is 6.30. The number of nitrogens with zero attached hydrogens (tertiary/aromatic N) is 7. The van der Waals surface area contributed by atoms with Crippen LogP contribution >= 0.6 is 23.2 Å². The van der Waals surface area contributed by atoms with E-state index >= 15 is 0 Å². The number of imidazole rings is 2. The van der Waals surface area contributed by atoms with Crippen molar-refractivity contribution in [2.75, 3.05) is 0 Å². The van der Waals surface area contributed by atoms with Crippen LogP contribution in [0.3, 0.4) is 0 Å². The van der Waals surface area contributed by atoms with Gasteiger partial charge in [-0.05, 0) is 24.0 Å². The summed E-state index contributed by atoms with van der Waals surface area (Å²) in [5.41, 5.74) is 2.94. The van der Waals surface area contributed by atoms with E-state index in [2.05, 4.69) is 29.9 Å². The average Bonchev–Trinajstić information content (AvgIpc) is 3.49. The van der Waals surface area contributed by atoms with Crippen molar-refractivity contribution < 1.29 is 19.7 Å². The van der Waals surface area contributed by atoms with Crippen molar-refractivity contribution in [3.05, 3.63) is 113 Å². The highest BCUT2D eigenvalue weighted by Crippen LogP contribution is 2.24. The van der Waals surface area contributed by atoms with E-state index in [0.717, 1.165) is 54.9 Å². The van der Waals surface area contributed by atoms with Gasteiger partial charge in [0.2, 0.25) is 0 Å². The summed E-state index contributed by atoms with van der Waals surface area (Å²) in [6, 6.07) is 14.6. The van der Waals surface area contributed by atoms with Crippen molar-refractivity contribution in [1.29, 1.82) is 5.26 Å². The van der Waals surface area contributed by atoms with E-state index < -0.39 is 15.8 Å². The van der Waals surface area contributed by atoms with Crippen LogP contribution in [0.5, 0.6) is 0 Å². The van der Waals surface area contributed by atoms with Crippen molar-refractivity contribution >= 4 is 40.5 Å². The third kappa shape index (κ3) is 10.4. The second-order valence-electron chi connectivity index (χ2n) is 10.7. The molecule has 0 radical (unpaired) electrons. The van der Waals surface area contributed by atoms with Crippen molar-refractivity contribution in [1.82, 2.24) is 19.1 Å². The minimum atomic E-state index is -0.983. The number of non-ortho nitro benzene ring substituents is 2. The van der Waals surface area contributed by atoms with Gasteiger partial charge in [0.25, 0.3) is 11.4 Å². The predicted molar refractivity (Wildman–Crippen MR) is 177 cm³/mol. The smallest absolute Gasteiger partial charge is 0.309 e. The van der Waals surface area contributed by atoms with Gasteiger partial charge in [0, 0.05) is 50.2 Å². The molecule has 0 bridgehead atoms. The molecule has 0 spiro atoms. The lowest BCUT2D eigenvalue weighted by Crippen LogP contribution is -2.12. The number of carboxylic acid groups (broad SMARTS) is 1. The molecule has 0 unspecified atom stereocenters. The molecule has 15 heteroatoms. The van der Waals surface area contributed by atoms with Crippen LogP contribution in [0.15, 0.2) is 48.5 Å². The number of hydrogen-bond donors (Lipinski definition) is 1. The van der Waals surface area contributed by atoms with Gasteiger partial charge in [0.1, 0.15) is 11.6 Å². The van der Waals surface area contributed by atoms with Gasteiger partial charge in [0.15, 0.2) is 10.3 Å². The molecule has 13 nitrogen and oxygen atoms in total. The van der Waals surface area contributed by atoms with Crippen LogP contribution in [0.2, 0.25) is 10.3 Å². The highest BCUT2D eigenvalue weighted by atomic mass is 35.5. The zero-order valence-electron chi connectivity index (χ0n) is 26.1. The Morgan fingerprint density at radius 2 is 1.21 bits per heavy atom. The van der Waals surface area contributed by atoms with E-state index in [1.54, 1.807) is 28.8 Å². The largest absolute Gasteiger partial charge is 0.481 e. The van der Waals surface area contributed by atoms with Crippen molar-refractivity contribution in [3.63, 3.8) is 0 Å². The highest BCUT2D eigenvalue weighted by Gasteiger charge is 2.19. The molecule has 0 aliphatic rings. The number of hydrogen-bond acceptors (Lipinski definition) is 8. The van der Waals surface area contributed by atoms with Crippen LogP contribution in [0.4, 0.5) is 11.4 Å². The van der Waals surface area contributed by atoms with Crippen LogP contribution in [-0.4, -0.2) is 40.0 Å². The number of benzene rings is 2. The minimum Gasteiger partial charge on any atom is -0.481 e. The average molecular weight is 685 g/mol. The maximum absolute atomic E-state index is 11.1. The van der Waals surface area contributed by atoms with Gasteiger partial charge in [-0.15, -0.1) is 0 Å². The summed E-state index contributed by atoms with van der Waals surface area (Å²) in [6.45, 7) is 5.03. The Labute approximate surface area is 281 Å². The summed E-state index contributed by atoms with van der Waals surface area (Å²) < 4.78 is 3.75. The van der Waals surface area contributed by atoms with Gasteiger partial charge in [-0.2, -0.15) is 5.26 Å². The molecule has 4 aromatic rings. The molecule has 0 aliphatic heterocycles. The van der Waals surface area contributed by atoms with Crippen molar-refractivity contribution in [2.24, 2.45) is 0 Å².